The van der Waals surface area contributed by atoms with Crippen LogP contribution in [0.1, 0.15) is 36.0 Å². The molecule has 1 aromatic carbocycles. The summed E-state index contributed by atoms with van der Waals surface area (Å²) < 4.78 is 0. The van der Waals surface area contributed by atoms with Gasteiger partial charge in [-0.25, -0.2) is 4.98 Å². The number of nitrogens with two attached hydrogens (primary N) is 1. The van der Waals surface area contributed by atoms with Crippen molar-refractivity contribution in [2.24, 2.45) is 0 Å². The second-order valence-corrected chi connectivity index (χ2v) is 4.40. The van der Waals surface area contributed by atoms with Crippen molar-refractivity contribution < 1.29 is 0 Å². The van der Waals surface area contributed by atoms with Gasteiger partial charge in [0, 0.05) is 12.3 Å². The summed E-state index contributed by atoms with van der Waals surface area (Å²) in [6, 6.07) is 10.2. The van der Waals surface area contributed by atoms with E-state index < -0.39 is 0 Å². The van der Waals surface area contributed by atoms with Crippen LogP contribution in [0.15, 0.2) is 30.3 Å². The molecule has 0 amide bonds. The van der Waals surface area contributed by atoms with Gasteiger partial charge in [-0.05, 0) is 18.4 Å². The van der Waals surface area contributed by atoms with Gasteiger partial charge < -0.3 is 5.73 Å². The molecular weight excluding hydrogens is 212 g/mol. The van der Waals surface area contributed by atoms with Crippen LogP contribution < -0.4 is 5.73 Å². The molecule has 4 nitrogen and oxygen atoms in total. The van der Waals surface area contributed by atoms with Crippen LogP contribution in [0.3, 0.4) is 0 Å². The van der Waals surface area contributed by atoms with Crippen LogP contribution >= 0.6 is 0 Å². The largest absolute Gasteiger partial charge is 0.368 e. The summed E-state index contributed by atoms with van der Waals surface area (Å²) in [5, 5.41) is 0. The molecule has 0 saturated heterocycles. The van der Waals surface area contributed by atoms with Crippen molar-refractivity contribution in [3.63, 3.8) is 0 Å². The smallest absolute Gasteiger partial charge is 0.223 e. The normalized spacial score (nSPS) is 14.8. The van der Waals surface area contributed by atoms with Crippen LogP contribution in [0.2, 0.25) is 0 Å². The van der Waals surface area contributed by atoms with Crippen LogP contribution in [0, 0.1) is 0 Å². The predicted octanol–water partition coefficient (Wildman–Crippen LogP) is 1.92. The summed E-state index contributed by atoms with van der Waals surface area (Å²) in [4.78, 5) is 12.9. The first-order valence-corrected chi connectivity index (χ1v) is 5.85. The Morgan fingerprint density at radius 3 is 2.53 bits per heavy atom. The number of nitrogens with zero attached hydrogens (tertiary/aromatic N) is 3. The minimum Gasteiger partial charge on any atom is -0.368 e. The van der Waals surface area contributed by atoms with Crippen molar-refractivity contribution in [3.8, 4) is 0 Å². The van der Waals surface area contributed by atoms with E-state index in [0.717, 1.165) is 11.6 Å². The van der Waals surface area contributed by atoms with Gasteiger partial charge in [0.1, 0.15) is 11.6 Å². The summed E-state index contributed by atoms with van der Waals surface area (Å²) in [5.74, 6) is 2.48. The number of hydrogen-bond donors (Lipinski definition) is 1. The quantitative estimate of drug-likeness (QED) is 0.868. The van der Waals surface area contributed by atoms with Gasteiger partial charge in [0.15, 0.2) is 0 Å². The summed E-state index contributed by atoms with van der Waals surface area (Å²) in [6.45, 7) is 0. The van der Waals surface area contributed by atoms with Crippen LogP contribution in [-0.2, 0) is 6.42 Å². The zero-order valence-corrected chi connectivity index (χ0v) is 9.50. The molecule has 0 unspecified atom stereocenters. The molecule has 86 valence electrons. The Labute approximate surface area is 99.9 Å². The van der Waals surface area contributed by atoms with Gasteiger partial charge in [0.05, 0.1) is 0 Å². The summed E-state index contributed by atoms with van der Waals surface area (Å²) in [7, 11) is 0. The molecule has 2 N–H and O–H groups in total. The van der Waals surface area contributed by atoms with Gasteiger partial charge in [-0.1, -0.05) is 30.3 Å². The number of aromatic nitrogens is 3. The van der Waals surface area contributed by atoms with E-state index in [2.05, 4.69) is 27.1 Å². The van der Waals surface area contributed by atoms with E-state index in [0.29, 0.717) is 18.3 Å². The average molecular weight is 226 g/mol. The predicted molar refractivity (Wildman–Crippen MR) is 65.5 cm³/mol. The second-order valence-electron chi connectivity index (χ2n) is 4.40. The topological polar surface area (TPSA) is 64.7 Å². The van der Waals surface area contributed by atoms with Crippen molar-refractivity contribution in [3.05, 3.63) is 47.5 Å². The first-order chi connectivity index (χ1) is 8.31. The van der Waals surface area contributed by atoms with Crippen molar-refractivity contribution >= 4 is 5.95 Å². The van der Waals surface area contributed by atoms with E-state index in [4.69, 9.17) is 5.73 Å². The number of benzene rings is 1. The third-order valence-corrected chi connectivity index (χ3v) is 2.86. The molecule has 1 saturated carbocycles. The van der Waals surface area contributed by atoms with Gasteiger partial charge in [0.25, 0.3) is 0 Å². The first-order valence-electron chi connectivity index (χ1n) is 5.85. The number of anilines is 1. The summed E-state index contributed by atoms with van der Waals surface area (Å²) in [6.07, 6.45) is 3.07. The fraction of sp³-hybridized carbons (Fsp3) is 0.308. The fourth-order valence-electron chi connectivity index (χ4n) is 1.84. The van der Waals surface area contributed by atoms with Crippen molar-refractivity contribution in [1.82, 2.24) is 15.0 Å². The molecule has 0 atom stereocenters. The lowest BCUT2D eigenvalue weighted by Gasteiger charge is -2.04. The molecule has 1 aliphatic rings. The van der Waals surface area contributed by atoms with E-state index in [1.807, 2.05) is 18.2 Å². The van der Waals surface area contributed by atoms with Crippen LogP contribution in [0.5, 0.6) is 0 Å². The Balaban J connectivity index is 1.87. The molecule has 0 bridgehead atoms. The Morgan fingerprint density at radius 1 is 1.06 bits per heavy atom. The second kappa shape index (κ2) is 4.13. The van der Waals surface area contributed by atoms with E-state index >= 15 is 0 Å². The highest BCUT2D eigenvalue weighted by molar-refractivity contribution is 5.24. The monoisotopic (exact) mass is 226 g/mol. The van der Waals surface area contributed by atoms with Crippen LogP contribution in [-0.4, -0.2) is 15.0 Å². The van der Waals surface area contributed by atoms with Gasteiger partial charge >= 0.3 is 0 Å². The van der Waals surface area contributed by atoms with E-state index in [-0.39, 0.29) is 0 Å². The maximum Gasteiger partial charge on any atom is 0.223 e. The Kier molecular flexibility index (Phi) is 2.48. The van der Waals surface area contributed by atoms with Crippen molar-refractivity contribution in [2.75, 3.05) is 5.73 Å². The van der Waals surface area contributed by atoms with Gasteiger partial charge in [0.2, 0.25) is 5.95 Å². The molecule has 1 aliphatic carbocycles. The van der Waals surface area contributed by atoms with Gasteiger partial charge in [-0.2, -0.15) is 9.97 Å². The maximum atomic E-state index is 5.72. The standard InChI is InChI=1S/C13H14N4/c14-13-16-11(8-9-4-2-1-3-5-9)15-12(17-13)10-6-7-10/h1-5,10H,6-8H2,(H2,14,15,16,17). The molecule has 1 aromatic heterocycles. The fourth-order valence-corrected chi connectivity index (χ4v) is 1.84. The minimum atomic E-state index is 0.341. The summed E-state index contributed by atoms with van der Waals surface area (Å²) in [5.41, 5.74) is 6.91. The van der Waals surface area contributed by atoms with Gasteiger partial charge in [-0.15, -0.1) is 0 Å². The van der Waals surface area contributed by atoms with Crippen molar-refractivity contribution in [1.29, 1.82) is 0 Å². The lowest BCUT2D eigenvalue weighted by molar-refractivity contribution is 0.838. The highest BCUT2D eigenvalue weighted by atomic mass is 15.1. The third-order valence-electron chi connectivity index (χ3n) is 2.86. The molecule has 17 heavy (non-hydrogen) atoms. The SMILES string of the molecule is Nc1nc(Cc2ccccc2)nc(C2CC2)n1. The molecular formula is C13H14N4. The minimum absolute atomic E-state index is 0.341. The van der Waals surface area contributed by atoms with E-state index in [9.17, 15) is 0 Å². The zero-order chi connectivity index (χ0) is 11.7. The first kappa shape index (κ1) is 10.2. The highest BCUT2D eigenvalue weighted by Crippen LogP contribution is 2.38. The molecule has 1 fully saturated rings. The number of nitrogen functional groups attached to an aromatic ring is 1. The van der Waals surface area contributed by atoms with Crippen LogP contribution in [0.25, 0.3) is 0 Å². The molecule has 0 radical (unpaired) electrons. The molecule has 4 heteroatoms. The molecule has 0 spiro atoms. The Bertz CT molecular complexity index is 520. The molecule has 2 aromatic rings. The lowest BCUT2D eigenvalue weighted by atomic mass is 10.1. The number of rotatable bonds is 3. The Hall–Kier alpha value is -1.97. The Morgan fingerprint density at radius 2 is 1.82 bits per heavy atom. The number of hydrogen-bond acceptors (Lipinski definition) is 4. The molecule has 1 heterocycles. The maximum absolute atomic E-state index is 5.72. The summed E-state index contributed by atoms with van der Waals surface area (Å²) >= 11 is 0. The third kappa shape index (κ3) is 2.41. The zero-order valence-electron chi connectivity index (χ0n) is 9.50. The molecule has 3 rings (SSSR count). The van der Waals surface area contributed by atoms with Gasteiger partial charge in [-0.3, -0.25) is 0 Å². The van der Waals surface area contributed by atoms with E-state index in [1.165, 1.54) is 18.4 Å². The van der Waals surface area contributed by atoms with Crippen LogP contribution in [0.4, 0.5) is 5.95 Å². The molecule has 0 aliphatic heterocycles. The van der Waals surface area contributed by atoms with Crippen molar-refractivity contribution in [2.45, 2.75) is 25.2 Å². The lowest BCUT2D eigenvalue weighted by Crippen LogP contribution is -2.07. The van der Waals surface area contributed by atoms with E-state index in [1.54, 1.807) is 0 Å². The average Bonchev–Trinajstić information content (AvgIpc) is 3.13. The highest BCUT2D eigenvalue weighted by Gasteiger charge is 2.27.